The average Bonchev–Trinajstić information content (AvgIpc) is 2.14. The fourth-order valence-corrected chi connectivity index (χ4v) is 1.80. The zero-order valence-corrected chi connectivity index (χ0v) is 9.83. The van der Waals surface area contributed by atoms with E-state index in [0.29, 0.717) is 5.56 Å². The van der Waals surface area contributed by atoms with Gasteiger partial charge in [0.15, 0.2) is 0 Å². The second-order valence-electron chi connectivity index (χ2n) is 3.74. The van der Waals surface area contributed by atoms with Crippen LogP contribution in [0.4, 0.5) is 4.39 Å². The normalized spacial score (nSPS) is 12.8. The summed E-state index contributed by atoms with van der Waals surface area (Å²) < 4.78 is 12.9. The molecule has 88 valence electrons. The van der Waals surface area contributed by atoms with Crippen LogP contribution < -0.4 is 0 Å². The number of halogens is 2. The molecule has 1 unspecified atom stereocenters. The largest absolute Gasteiger partial charge is 0.481 e. The van der Waals surface area contributed by atoms with Gasteiger partial charge >= 0.3 is 5.97 Å². The monoisotopic (exact) mass is 245 g/mol. The molecule has 5 heteroatoms. The summed E-state index contributed by atoms with van der Waals surface area (Å²) in [5.74, 6) is -1.35. The van der Waals surface area contributed by atoms with Gasteiger partial charge in [0.1, 0.15) is 5.82 Å². The summed E-state index contributed by atoms with van der Waals surface area (Å²) >= 11 is 5.89. The average molecular weight is 246 g/mol. The molecule has 0 saturated carbocycles. The summed E-state index contributed by atoms with van der Waals surface area (Å²) in [6, 6.07) is 3.63. The van der Waals surface area contributed by atoms with E-state index in [9.17, 15) is 9.18 Å². The van der Waals surface area contributed by atoms with E-state index in [0.717, 1.165) is 0 Å². The number of hydrogen-bond donors (Lipinski definition) is 1. The van der Waals surface area contributed by atoms with Crippen molar-refractivity contribution in [3.63, 3.8) is 0 Å². The van der Waals surface area contributed by atoms with Gasteiger partial charge < -0.3 is 10.0 Å². The Morgan fingerprint density at radius 2 is 2.19 bits per heavy atom. The third kappa shape index (κ3) is 3.18. The van der Waals surface area contributed by atoms with E-state index in [1.165, 1.54) is 18.2 Å². The summed E-state index contributed by atoms with van der Waals surface area (Å²) in [5, 5.41) is 9.05. The summed E-state index contributed by atoms with van der Waals surface area (Å²) in [6.45, 7) is 0. The lowest BCUT2D eigenvalue weighted by molar-refractivity contribution is -0.138. The van der Waals surface area contributed by atoms with E-state index in [1.807, 2.05) is 0 Å². The summed E-state index contributed by atoms with van der Waals surface area (Å²) in [7, 11) is 3.51. The first kappa shape index (κ1) is 12.9. The lowest BCUT2D eigenvalue weighted by Crippen LogP contribution is -2.23. The predicted molar refractivity (Wildman–Crippen MR) is 60.1 cm³/mol. The Morgan fingerprint density at radius 1 is 1.56 bits per heavy atom. The van der Waals surface area contributed by atoms with Crippen LogP contribution >= 0.6 is 11.6 Å². The fraction of sp³-hybridized carbons (Fsp3) is 0.364. The van der Waals surface area contributed by atoms with Gasteiger partial charge in [0, 0.05) is 11.1 Å². The molecule has 1 atom stereocenters. The van der Waals surface area contributed by atoms with Gasteiger partial charge in [-0.15, -0.1) is 0 Å². The molecule has 0 aliphatic carbocycles. The summed E-state index contributed by atoms with van der Waals surface area (Å²) in [6.07, 6.45) is -0.0711. The van der Waals surface area contributed by atoms with Gasteiger partial charge in [-0.05, 0) is 31.8 Å². The molecule has 0 spiro atoms. The van der Waals surface area contributed by atoms with Crippen LogP contribution in [0.5, 0.6) is 0 Å². The third-order valence-corrected chi connectivity index (χ3v) is 2.64. The maximum Gasteiger partial charge on any atom is 0.305 e. The molecule has 0 heterocycles. The van der Waals surface area contributed by atoms with Crippen LogP contribution in [-0.4, -0.2) is 30.1 Å². The van der Waals surface area contributed by atoms with Crippen LogP contribution in [0.15, 0.2) is 18.2 Å². The number of carbonyl (C=O) groups is 1. The number of hydrogen-bond acceptors (Lipinski definition) is 2. The first-order valence-electron chi connectivity index (χ1n) is 4.75. The van der Waals surface area contributed by atoms with E-state index in [-0.39, 0.29) is 17.5 Å². The van der Waals surface area contributed by atoms with Gasteiger partial charge in [0.2, 0.25) is 0 Å². The Balaban J connectivity index is 3.05. The van der Waals surface area contributed by atoms with E-state index in [1.54, 1.807) is 19.0 Å². The van der Waals surface area contributed by atoms with Crippen molar-refractivity contribution in [3.8, 4) is 0 Å². The molecule has 1 aromatic rings. The topological polar surface area (TPSA) is 40.5 Å². The Bertz CT molecular complexity index is 396. The first-order valence-corrected chi connectivity index (χ1v) is 5.12. The van der Waals surface area contributed by atoms with E-state index < -0.39 is 11.8 Å². The van der Waals surface area contributed by atoms with Crippen LogP contribution in [0.1, 0.15) is 18.0 Å². The molecular formula is C11H13ClFNO2. The molecule has 0 aromatic heterocycles. The fourth-order valence-electron chi connectivity index (χ4n) is 1.51. The number of carboxylic acid groups (broad SMARTS) is 1. The van der Waals surface area contributed by atoms with Gasteiger partial charge in [-0.3, -0.25) is 4.79 Å². The van der Waals surface area contributed by atoms with Gasteiger partial charge in [-0.2, -0.15) is 0 Å². The molecule has 0 amide bonds. The van der Waals surface area contributed by atoms with Crippen molar-refractivity contribution in [2.45, 2.75) is 12.5 Å². The van der Waals surface area contributed by atoms with E-state index >= 15 is 0 Å². The SMILES string of the molecule is CN(C)C(CC(=O)O)c1ccc(F)cc1Cl. The van der Waals surface area contributed by atoms with Crippen molar-refractivity contribution >= 4 is 17.6 Å². The van der Waals surface area contributed by atoms with Crippen molar-refractivity contribution in [2.75, 3.05) is 14.1 Å². The highest BCUT2D eigenvalue weighted by molar-refractivity contribution is 6.31. The highest BCUT2D eigenvalue weighted by Gasteiger charge is 2.20. The molecule has 1 rings (SSSR count). The Morgan fingerprint density at radius 3 is 2.62 bits per heavy atom. The standard InChI is InChI=1S/C11H13ClFNO2/c1-14(2)10(6-11(15)16)8-4-3-7(13)5-9(8)12/h3-5,10H,6H2,1-2H3,(H,15,16). The molecule has 1 N–H and O–H groups in total. The van der Waals surface area contributed by atoms with Crippen LogP contribution in [-0.2, 0) is 4.79 Å². The molecule has 16 heavy (non-hydrogen) atoms. The van der Waals surface area contributed by atoms with Crippen LogP contribution in [0.2, 0.25) is 5.02 Å². The second kappa shape index (κ2) is 5.27. The smallest absolute Gasteiger partial charge is 0.305 e. The number of carboxylic acids is 1. The van der Waals surface area contributed by atoms with Gasteiger partial charge in [-0.25, -0.2) is 4.39 Å². The molecule has 0 radical (unpaired) electrons. The molecule has 0 fully saturated rings. The Kier molecular flexibility index (Phi) is 4.26. The molecule has 0 aliphatic rings. The van der Waals surface area contributed by atoms with E-state index in [4.69, 9.17) is 16.7 Å². The Hall–Kier alpha value is -1.13. The molecular weight excluding hydrogens is 233 g/mol. The number of benzene rings is 1. The maximum absolute atomic E-state index is 12.9. The van der Waals surface area contributed by atoms with Crippen molar-refractivity contribution in [1.29, 1.82) is 0 Å². The molecule has 1 aromatic carbocycles. The van der Waals surface area contributed by atoms with Crippen LogP contribution in [0, 0.1) is 5.82 Å². The first-order chi connectivity index (χ1) is 7.41. The molecule has 0 bridgehead atoms. The quantitative estimate of drug-likeness (QED) is 0.886. The summed E-state index contributed by atoms with van der Waals surface area (Å²) in [4.78, 5) is 12.5. The van der Waals surface area contributed by atoms with Crippen molar-refractivity contribution in [2.24, 2.45) is 0 Å². The molecule has 3 nitrogen and oxygen atoms in total. The second-order valence-corrected chi connectivity index (χ2v) is 4.15. The van der Waals surface area contributed by atoms with Gasteiger partial charge in [-0.1, -0.05) is 17.7 Å². The highest BCUT2D eigenvalue weighted by Crippen LogP contribution is 2.29. The van der Waals surface area contributed by atoms with Crippen LogP contribution in [0.25, 0.3) is 0 Å². The number of aliphatic carboxylic acids is 1. The zero-order chi connectivity index (χ0) is 12.3. The number of rotatable bonds is 4. The summed E-state index contributed by atoms with van der Waals surface area (Å²) in [5.41, 5.74) is 0.621. The minimum absolute atomic E-state index is 0.0711. The predicted octanol–water partition coefficient (Wildman–Crippen LogP) is 2.56. The van der Waals surface area contributed by atoms with Crippen molar-refractivity contribution in [1.82, 2.24) is 4.90 Å². The molecule has 0 aliphatic heterocycles. The number of nitrogens with zero attached hydrogens (tertiary/aromatic N) is 1. The minimum atomic E-state index is -0.918. The maximum atomic E-state index is 12.9. The Labute approximate surface area is 98.4 Å². The van der Waals surface area contributed by atoms with E-state index in [2.05, 4.69) is 0 Å². The van der Waals surface area contributed by atoms with Crippen molar-refractivity contribution in [3.05, 3.63) is 34.6 Å². The minimum Gasteiger partial charge on any atom is -0.481 e. The third-order valence-electron chi connectivity index (χ3n) is 2.31. The zero-order valence-electron chi connectivity index (χ0n) is 9.08. The van der Waals surface area contributed by atoms with Gasteiger partial charge in [0.25, 0.3) is 0 Å². The lowest BCUT2D eigenvalue weighted by atomic mass is 10.0. The highest BCUT2D eigenvalue weighted by atomic mass is 35.5. The van der Waals surface area contributed by atoms with Gasteiger partial charge in [0.05, 0.1) is 6.42 Å². The lowest BCUT2D eigenvalue weighted by Gasteiger charge is -2.24. The van der Waals surface area contributed by atoms with Crippen LogP contribution in [0.3, 0.4) is 0 Å². The van der Waals surface area contributed by atoms with Crippen molar-refractivity contribution < 1.29 is 14.3 Å². The molecule has 0 saturated heterocycles.